The lowest BCUT2D eigenvalue weighted by Gasteiger charge is -2.13. The van der Waals surface area contributed by atoms with Gasteiger partial charge >= 0.3 is 0 Å². The van der Waals surface area contributed by atoms with Crippen LogP contribution in [-0.4, -0.2) is 26.9 Å². The maximum atomic E-state index is 11.4. The van der Waals surface area contributed by atoms with Crippen molar-refractivity contribution in [2.24, 2.45) is 0 Å². The minimum absolute atomic E-state index is 0.235. The zero-order valence-corrected chi connectivity index (χ0v) is 12.1. The highest BCUT2D eigenvalue weighted by molar-refractivity contribution is 7.90. The Morgan fingerprint density at radius 1 is 1.05 bits per heavy atom. The number of hydrogen-bond acceptors (Lipinski definition) is 4. The lowest BCUT2D eigenvalue weighted by atomic mass is 10.0. The molecule has 0 radical (unpaired) electrons. The second-order valence-corrected chi connectivity index (χ2v) is 6.54. The molecule has 2 aromatic carbocycles. The van der Waals surface area contributed by atoms with Crippen LogP contribution in [0.25, 0.3) is 0 Å². The number of methoxy groups -OCH3 is 1. The van der Waals surface area contributed by atoms with Gasteiger partial charge in [-0.3, -0.25) is 0 Å². The second kappa shape index (κ2) is 5.64. The van der Waals surface area contributed by atoms with Crippen molar-refractivity contribution in [3.63, 3.8) is 0 Å². The first-order chi connectivity index (χ1) is 9.41. The molecule has 1 atom stereocenters. The van der Waals surface area contributed by atoms with Crippen molar-refractivity contribution < 1.29 is 18.3 Å². The third kappa shape index (κ3) is 3.18. The van der Waals surface area contributed by atoms with Crippen LogP contribution >= 0.6 is 0 Å². The molecule has 0 bridgehead atoms. The van der Waals surface area contributed by atoms with E-state index in [4.69, 9.17) is 4.74 Å². The highest BCUT2D eigenvalue weighted by Gasteiger charge is 2.13. The minimum Gasteiger partial charge on any atom is -0.497 e. The molecule has 0 amide bonds. The van der Waals surface area contributed by atoms with E-state index in [1.165, 1.54) is 12.1 Å². The van der Waals surface area contributed by atoms with Gasteiger partial charge in [-0.2, -0.15) is 0 Å². The van der Waals surface area contributed by atoms with E-state index < -0.39 is 15.9 Å². The molecule has 2 rings (SSSR count). The molecule has 106 valence electrons. The van der Waals surface area contributed by atoms with Gasteiger partial charge in [0.25, 0.3) is 0 Å². The summed E-state index contributed by atoms with van der Waals surface area (Å²) in [5, 5.41) is 10.3. The summed E-state index contributed by atoms with van der Waals surface area (Å²) in [4.78, 5) is 0.235. The molecular formula is C15H16O4S. The number of sulfone groups is 1. The Balaban J connectivity index is 2.31. The summed E-state index contributed by atoms with van der Waals surface area (Å²) in [6.07, 6.45) is 0.333. The molecule has 2 aromatic rings. The summed E-state index contributed by atoms with van der Waals surface area (Å²) < 4.78 is 27.9. The van der Waals surface area contributed by atoms with Gasteiger partial charge in [-0.05, 0) is 35.4 Å². The van der Waals surface area contributed by atoms with Crippen LogP contribution in [0.3, 0.4) is 0 Å². The number of aliphatic hydroxyl groups excluding tert-OH is 1. The molecular weight excluding hydrogens is 276 g/mol. The summed E-state index contributed by atoms with van der Waals surface area (Å²) in [7, 11) is -1.66. The van der Waals surface area contributed by atoms with Crippen LogP contribution in [0.4, 0.5) is 0 Å². The number of rotatable bonds is 4. The van der Waals surface area contributed by atoms with Gasteiger partial charge in [-0.15, -0.1) is 0 Å². The second-order valence-electron chi connectivity index (χ2n) is 4.52. The molecule has 5 heteroatoms. The van der Waals surface area contributed by atoms with Gasteiger partial charge in [0.1, 0.15) is 11.9 Å². The number of aliphatic hydroxyl groups is 1. The number of hydrogen-bond donors (Lipinski definition) is 1. The Morgan fingerprint density at radius 3 is 2.25 bits per heavy atom. The summed E-state index contributed by atoms with van der Waals surface area (Å²) >= 11 is 0. The molecule has 1 unspecified atom stereocenters. The predicted molar refractivity (Wildman–Crippen MR) is 76.6 cm³/mol. The van der Waals surface area contributed by atoms with E-state index in [0.29, 0.717) is 16.9 Å². The highest BCUT2D eigenvalue weighted by Crippen LogP contribution is 2.25. The SMILES string of the molecule is COc1cccc(C(O)c2ccc(S(C)(=O)=O)cc2)c1. The maximum absolute atomic E-state index is 11.4. The molecule has 20 heavy (non-hydrogen) atoms. The first-order valence-corrected chi connectivity index (χ1v) is 7.93. The van der Waals surface area contributed by atoms with Crippen LogP contribution in [0.5, 0.6) is 5.75 Å². The van der Waals surface area contributed by atoms with Gasteiger partial charge in [0.15, 0.2) is 9.84 Å². The standard InChI is InChI=1S/C15H16O4S/c1-19-13-5-3-4-12(10-13)15(16)11-6-8-14(9-7-11)20(2,17)18/h3-10,15-16H,1-2H3. The predicted octanol–water partition coefficient (Wildman–Crippen LogP) is 2.18. The minimum atomic E-state index is -3.22. The molecule has 0 aliphatic rings. The Labute approximate surface area is 118 Å². The van der Waals surface area contributed by atoms with Gasteiger partial charge < -0.3 is 9.84 Å². The quantitative estimate of drug-likeness (QED) is 0.938. The highest BCUT2D eigenvalue weighted by atomic mass is 32.2. The van der Waals surface area contributed by atoms with Gasteiger partial charge in [0, 0.05) is 6.26 Å². The summed E-state index contributed by atoms with van der Waals surface area (Å²) in [6.45, 7) is 0. The van der Waals surface area contributed by atoms with Crippen LogP contribution < -0.4 is 4.74 Å². The first-order valence-electron chi connectivity index (χ1n) is 6.04. The number of ether oxygens (including phenoxy) is 1. The fourth-order valence-electron chi connectivity index (χ4n) is 1.90. The number of benzene rings is 2. The van der Waals surface area contributed by atoms with E-state index in [0.717, 1.165) is 6.26 Å². The molecule has 0 heterocycles. The zero-order chi connectivity index (χ0) is 14.8. The van der Waals surface area contributed by atoms with E-state index in [1.807, 2.05) is 0 Å². The normalized spacial score (nSPS) is 12.9. The van der Waals surface area contributed by atoms with Crippen molar-refractivity contribution in [1.82, 2.24) is 0 Å². The van der Waals surface area contributed by atoms with Crippen molar-refractivity contribution in [3.05, 3.63) is 59.7 Å². The Kier molecular flexibility index (Phi) is 4.11. The maximum Gasteiger partial charge on any atom is 0.175 e. The van der Waals surface area contributed by atoms with E-state index in [2.05, 4.69) is 0 Å². The van der Waals surface area contributed by atoms with Crippen LogP contribution in [0, 0.1) is 0 Å². The molecule has 0 fully saturated rings. The Bertz CT molecular complexity index is 690. The fourth-order valence-corrected chi connectivity index (χ4v) is 2.53. The Hall–Kier alpha value is -1.85. The molecule has 0 spiro atoms. The van der Waals surface area contributed by atoms with E-state index >= 15 is 0 Å². The molecule has 0 aliphatic carbocycles. The van der Waals surface area contributed by atoms with Crippen molar-refractivity contribution in [2.75, 3.05) is 13.4 Å². The van der Waals surface area contributed by atoms with Gasteiger partial charge in [-0.1, -0.05) is 24.3 Å². The van der Waals surface area contributed by atoms with Crippen LogP contribution in [-0.2, 0) is 9.84 Å². The van der Waals surface area contributed by atoms with Crippen LogP contribution in [0.1, 0.15) is 17.2 Å². The molecule has 4 nitrogen and oxygen atoms in total. The van der Waals surface area contributed by atoms with Crippen molar-refractivity contribution >= 4 is 9.84 Å². The summed E-state index contributed by atoms with van der Waals surface area (Å²) in [5.74, 6) is 0.661. The fraction of sp³-hybridized carbons (Fsp3) is 0.200. The molecule has 0 saturated heterocycles. The van der Waals surface area contributed by atoms with Gasteiger partial charge in [0.2, 0.25) is 0 Å². The molecule has 1 N–H and O–H groups in total. The lowest BCUT2D eigenvalue weighted by molar-refractivity contribution is 0.219. The zero-order valence-electron chi connectivity index (χ0n) is 11.3. The smallest absolute Gasteiger partial charge is 0.175 e. The average molecular weight is 292 g/mol. The van der Waals surface area contributed by atoms with Crippen LogP contribution in [0.2, 0.25) is 0 Å². The lowest BCUT2D eigenvalue weighted by Crippen LogP contribution is -2.02. The third-order valence-electron chi connectivity index (χ3n) is 3.03. The van der Waals surface area contributed by atoms with Crippen molar-refractivity contribution in [2.45, 2.75) is 11.0 Å². The van der Waals surface area contributed by atoms with Crippen molar-refractivity contribution in [3.8, 4) is 5.75 Å². The topological polar surface area (TPSA) is 63.6 Å². The Morgan fingerprint density at radius 2 is 1.70 bits per heavy atom. The van der Waals surface area contributed by atoms with Crippen LogP contribution in [0.15, 0.2) is 53.4 Å². The third-order valence-corrected chi connectivity index (χ3v) is 4.16. The van der Waals surface area contributed by atoms with Gasteiger partial charge in [-0.25, -0.2) is 8.42 Å². The molecule has 0 aromatic heterocycles. The first kappa shape index (κ1) is 14.6. The summed E-state index contributed by atoms with van der Waals surface area (Å²) in [6, 6.07) is 13.3. The van der Waals surface area contributed by atoms with E-state index in [-0.39, 0.29) is 4.90 Å². The van der Waals surface area contributed by atoms with Gasteiger partial charge in [0.05, 0.1) is 12.0 Å². The molecule has 0 aliphatic heterocycles. The monoisotopic (exact) mass is 292 g/mol. The average Bonchev–Trinajstić information content (AvgIpc) is 2.46. The molecule has 0 saturated carbocycles. The van der Waals surface area contributed by atoms with E-state index in [1.54, 1.807) is 43.5 Å². The largest absolute Gasteiger partial charge is 0.497 e. The van der Waals surface area contributed by atoms with E-state index in [9.17, 15) is 13.5 Å². The summed E-state index contributed by atoms with van der Waals surface area (Å²) in [5.41, 5.74) is 1.32. The van der Waals surface area contributed by atoms with Crippen molar-refractivity contribution in [1.29, 1.82) is 0 Å².